The summed E-state index contributed by atoms with van der Waals surface area (Å²) >= 11 is 0. The van der Waals surface area contributed by atoms with Crippen LogP contribution < -0.4 is 21.1 Å². The molecule has 12 heteroatoms. The summed E-state index contributed by atoms with van der Waals surface area (Å²) in [5, 5.41) is 22.8. The van der Waals surface area contributed by atoms with E-state index in [4.69, 9.17) is 0 Å². The van der Waals surface area contributed by atoms with Gasteiger partial charge in [-0.15, -0.1) is 0 Å². The zero-order valence-electron chi connectivity index (χ0n) is 15.2. The number of hydrogen-bond donors (Lipinski definition) is 3. The van der Waals surface area contributed by atoms with Gasteiger partial charge in [-0.1, -0.05) is 0 Å². The predicted octanol–water partition coefficient (Wildman–Crippen LogP) is 1.86. The number of carboxylic acid groups (broad SMARTS) is 1. The third-order valence-corrected chi connectivity index (χ3v) is 4.01. The maximum absolute atomic E-state index is 13.2. The molecule has 9 nitrogen and oxygen atoms in total. The molecule has 0 saturated heterocycles. The van der Waals surface area contributed by atoms with Crippen molar-refractivity contribution in [2.75, 3.05) is 23.7 Å². The second-order valence-electron chi connectivity index (χ2n) is 6.11. The first-order valence-corrected chi connectivity index (χ1v) is 8.56. The van der Waals surface area contributed by atoms with Crippen LogP contribution >= 0.6 is 0 Å². The summed E-state index contributed by atoms with van der Waals surface area (Å²) in [6.07, 6.45) is -3.45. The van der Waals surface area contributed by atoms with Crippen LogP contribution in [0.5, 0.6) is 0 Å². The Labute approximate surface area is 163 Å². The van der Waals surface area contributed by atoms with E-state index in [1.165, 1.54) is 0 Å². The van der Waals surface area contributed by atoms with E-state index >= 15 is 0 Å². The van der Waals surface area contributed by atoms with Gasteiger partial charge in [0.1, 0.15) is 17.5 Å². The first-order valence-electron chi connectivity index (χ1n) is 8.56. The normalized spacial score (nSPS) is 11.4. The molecule has 2 aromatic heterocycles. The number of halogens is 3. The molecule has 0 aliphatic heterocycles. The van der Waals surface area contributed by atoms with Crippen molar-refractivity contribution in [2.24, 2.45) is 7.05 Å². The molecule has 154 valence electrons. The van der Waals surface area contributed by atoms with Gasteiger partial charge in [-0.2, -0.15) is 23.3 Å². The highest BCUT2D eigenvalue weighted by molar-refractivity contribution is 5.83. The van der Waals surface area contributed by atoms with Crippen LogP contribution in [-0.4, -0.2) is 38.9 Å². The highest BCUT2D eigenvalue weighted by Gasteiger charge is 2.35. The molecule has 0 aliphatic rings. The lowest BCUT2D eigenvalue weighted by Crippen LogP contribution is -2.37. The number of fused-ring (bicyclic) bond motifs is 1. The van der Waals surface area contributed by atoms with Gasteiger partial charge in [0.05, 0.1) is 11.7 Å². The molecule has 1 aromatic carbocycles. The average molecular weight is 408 g/mol. The summed E-state index contributed by atoms with van der Waals surface area (Å²) in [5.41, 5.74) is 0.406. The Kier molecular flexibility index (Phi) is 5.71. The van der Waals surface area contributed by atoms with Crippen molar-refractivity contribution in [3.05, 3.63) is 36.2 Å². The fraction of sp³-hybridized carbons (Fsp3) is 0.294. The number of alkyl halides is 3. The van der Waals surface area contributed by atoms with Crippen molar-refractivity contribution in [3.63, 3.8) is 0 Å². The first kappa shape index (κ1) is 20.2. The zero-order chi connectivity index (χ0) is 21.0. The largest absolute Gasteiger partial charge is 0.530 e. The molecule has 0 saturated carbocycles. The monoisotopic (exact) mass is 408 g/mol. The third-order valence-electron chi connectivity index (χ3n) is 4.01. The van der Waals surface area contributed by atoms with Crippen LogP contribution in [-0.2, 0) is 13.2 Å². The van der Waals surface area contributed by atoms with Gasteiger partial charge in [-0.3, -0.25) is 4.68 Å². The molecule has 0 spiro atoms. The lowest BCUT2D eigenvalue weighted by atomic mass is 10.2. The number of aryl methyl sites for hydroxylation is 1. The fourth-order valence-electron chi connectivity index (χ4n) is 2.62. The van der Waals surface area contributed by atoms with Crippen molar-refractivity contribution in [2.45, 2.75) is 12.6 Å². The second kappa shape index (κ2) is 8.20. The number of nitrogens with one attached hydrogen (secondary N) is 3. The van der Waals surface area contributed by atoms with E-state index in [2.05, 4.69) is 25.7 Å². The minimum Gasteiger partial charge on any atom is -0.530 e. The third kappa shape index (κ3) is 5.03. The van der Waals surface area contributed by atoms with Crippen molar-refractivity contribution in [3.8, 4) is 0 Å². The summed E-state index contributed by atoms with van der Waals surface area (Å²) < 4.78 is 41.3. The summed E-state index contributed by atoms with van der Waals surface area (Å²) in [6, 6.07) is 5.34. The van der Waals surface area contributed by atoms with E-state index in [1.807, 2.05) is 11.4 Å². The molecule has 2 heterocycles. The predicted molar refractivity (Wildman–Crippen MR) is 97.5 cm³/mol. The molecule has 0 atom stereocenters. The van der Waals surface area contributed by atoms with Crippen LogP contribution in [0, 0.1) is 0 Å². The smallest absolute Gasteiger partial charge is 0.421 e. The summed E-state index contributed by atoms with van der Waals surface area (Å²) in [6.45, 7) is 0.110. The number of benzene rings is 1. The van der Waals surface area contributed by atoms with E-state index in [0.29, 0.717) is 11.9 Å². The maximum atomic E-state index is 13.2. The molecule has 0 bridgehead atoms. The van der Waals surface area contributed by atoms with Crippen LogP contribution in [0.3, 0.4) is 0 Å². The summed E-state index contributed by atoms with van der Waals surface area (Å²) in [4.78, 5) is 18.0. The lowest BCUT2D eigenvalue weighted by molar-refractivity contribution is -0.250. The van der Waals surface area contributed by atoms with Crippen LogP contribution in [0.25, 0.3) is 10.9 Å². The summed E-state index contributed by atoms with van der Waals surface area (Å²) in [7, 11) is 1.78. The fourth-order valence-corrected chi connectivity index (χ4v) is 2.62. The Hall–Kier alpha value is -3.57. The van der Waals surface area contributed by atoms with Gasteiger partial charge < -0.3 is 25.9 Å². The molecule has 0 radical (unpaired) electrons. The zero-order valence-corrected chi connectivity index (χ0v) is 15.2. The van der Waals surface area contributed by atoms with Crippen molar-refractivity contribution < 1.29 is 23.1 Å². The molecule has 3 aromatic rings. The van der Waals surface area contributed by atoms with E-state index in [0.717, 1.165) is 10.9 Å². The van der Waals surface area contributed by atoms with Crippen molar-refractivity contribution >= 4 is 34.4 Å². The maximum Gasteiger partial charge on any atom is 0.421 e. The van der Waals surface area contributed by atoms with E-state index < -0.39 is 23.7 Å². The molecular formula is C17H17F3N7O2-. The van der Waals surface area contributed by atoms with Gasteiger partial charge in [-0.25, -0.2) is 4.98 Å². The second-order valence-corrected chi connectivity index (χ2v) is 6.11. The molecular weight excluding hydrogens is 391 g/mol. The summed E-state index contributed by atoms with van der Waals surface area (Å²) in [5.74, 6) is -0.417. The highest BCUT2D eigenvalue weighted by atomic mass is 19.4. The van der Waals surface area contributed by atoms with Gasteiger partial charge in [-0.05, 0) is 24.6 Å². The van der Waals surface area contributed by atoms with Crippen LogP contribution in [0.1, 0.15) is 12.0 Å². The Morgan fingerprint density at radius 1 is 1.24 bits per heavy atom. The Balaban J connectivity index is 1.77. The van der Waals surface area contributed by atoms with Crippen LogP contribution in [0.15, 0.2) is 30.6 Å². The Morgan fingerprint density at radius 3 is 2.76 bits per heavy atom. The number of rotatable bonds is 7. The van der Waals surface area contributed by atoms with E-state index in [9.17, 15) is 23.1 Å². The quantitative estimate of drug-likeness (QED) is 0.511. The number of nitrogens with zero attached hydrogens (tertiary/aromatic N) is 4. The van der Waals surface area contributed by atoms with Crippen LogP contribution in [0.2, 0.25) is 0 Å². The molecule has 0 aliphatic carbocycles. The van der Waals surface area contributed by atoms with Crippen LogP contribution in [0.4, 0.5) is 35.4 Å². The van der Waals surface area contributed by atoms with Gasteiger partial charge in [0.25, 0.3) is 0 Å². The Bertz CT molecular complexity index is 1020. The molecule has 29 heavy (non-hydrogen) atoms. The van der Waals surface area contributed by atoms with Gasteiger partial charge in [0.15, 0.2) is 0 Å². The number of anilines is 3. The van der Waals surface area contributed by atoms with Crippen molar-refractivity contribution in [1.29, 1.82) is 0 Å². The SMILES string of the molecule is Cn1ncc2ccc(Nc3ncc(C(F)(F)F)c(NCCCNC(=O)[O-])n3)cc21. The highest BCUT2D eigenvalue weighted by Crippen LogP contribution is 2.34. The standard InChI is InChI=1S/C17H18F3N7O2/c1-27-13-7-11(4-3-10(13)8-24-27)25-15-23-9-12(17(18,19)20)14(26-15)21-5-2-6-22-16(28)29/h3-4,7-9,22H,2,5-6H2,1H3,(H,28,29)(H2,21,23,25,26)/p-1. The number of hydrogen-bond acceptors (Lipinski definition) is 7. The minimum atomic E-state index is -4.64. The number of amides is 1. The molecule has 3 N–H and O–H groups in total. The van der Waals surface area contributed by atoms with E-state index in [1.54, 1.807) is 30.1 Å². The van der Waals surface area contributed by atoms with Crippen molar-refractivity contribution in [1.82, 2.24) is 25.1 Å². The topological polar surface area (TPSA) is 120 Å². The van der Waals surface area contributed by atoms with Gasteiger partial charge >= 0.3 is 6.18 Å². The van der Waals surface area contributed by atoms with Gasteiger partial charge in [0.2, 0.25) is 5.95 Å². The molecule has 3 rings (SSSR count). The Morgan fingerprint density at radius 2 is 2.03 bits per heavy atom. The number of aromatic nitrogens is 4. The molecule has 0 unspecified atom stereocenters. The lowest BCUT2D eigenvalue weighted by Gasteiger charge is -2.15. The first-order chi connectivity index (χ1) is 13.7. The average Bonchev–Trinajstić information content (AvgIpc) is 3.01. The van der Waals surface area contributed by atoms with E-state index in [-0.39, 0.29) is 25.5 Å². The molecule has 1 amide bonds. The number of carbonyl (C=O) groups excluding carboxylic acids is 1. The molecule has 0 fully saturated rings. The number of carbonyl (C=O) groups is 1. The van der Waals surface area contributed by atoms with Gasteiger partial charge in [0, 0.05) is 37.4 Å². The minimum absolute atomic E-state index is 0.0186.